The second-order valence-corrected chi connectivity index (χ2v) is 18.2. The van der Waals surface area contributed by atoms with Crippen LogP contribution in [0.4, 0.5) is 0 Å². The topological polar surface area (TPSA) is 38.0 Å². The van der Waals surface area contributed by atoms with Crippen molar-refractivity contribution in [3.05, 3.63) is 234 Å². The zero-order chi connectivity index (χ0) is 41.8. The van der Waals surface area contributed by atoms with E-state index >= 15 is 0 Å². The van der Waals surface area contributed by atoms with Gasteiger partial charge in [0.25, 0.3) is 0 Å². The standard InChI is InChI=1S/C59H46N2S/c1-59(2)52-22-13-21-48(57(52)51-36-42-18-9-10-19-43(42)37-53(51)59)40-27-24-38(25-28-40)26-30-54(61-58(60)41-16-7-4-8-17-41)47-33-45(39-14-5-3-6-15-39)32-46(34-47)44-29-31-56-50(35-44)49-20-11-12-23-55(49)62-56/h3-37,54,58,61H,60H2,1-2H3/b30-26+. The molecule has 3 heteroatoms. The van der Waals surface area contributed by atoms with Crippen molar-refractivity contribution in [2.75, 3.05) is 0 Å². The van der Waals surface area contributed by atoms with Gasteiger partial charge in [0.15, 0.2) is 0 Å². The molecule has 0 spiro atoms. The Hall–Kier alpha value is -6.88. The molecule has 62 heavy (non-hydrogen) atoms. The number of thiophene rings is 1. The third kappa shape index (κ3) is 6.85. The minimum absolute atomic E-state index is 0.0846. The molecular weight excluding hydrogens is 769 g/mol. The molecule has 0 aliphatic heterocycles. The molecule has 0 saturated heterocycles. The molecule has 0 amide bonds. The van der Waals surface area contributed by atoms with Gasteiger partial charge >= 0.3 is 0 Å². The summed E-state index contributed by atoms with van der Waals surface area (Å²) in [6.45, 7) is 4.72. The Bertz CT molecular complexity index is 3300. The van der Waals surface area contributed by atoms with E-state index < -0.39 is 0 Å². The molecule has 0 radical (unpaired) electrons. The summed E-state index contributed by atoms with van der Waals surface area (Å²) in [4.78, 5) is 0. The summed E-state index contributed by atoms with van der Waals surface area (Å²) in [5.74, 6) is 0. The molecule has 3 N–H and O–H groups in total. The van der Waals surface area contributed by atoms with Crippen LogP contribution in [0.1, 0.15) is 53.9 Å². The van der Waals surface area contributed by atoms with Crippen LogP contribution in [0.15, 0.2) is 206 Å². The van der Waals surface area contributed by atoms with Crippen molar-refractivity contribution < 1.29 is 0 Å². The first kappa shape index (κ1) is 38.1. The van der Waals surface area contributed by atoms with Gasteiger partial charge in [-0.1, -0.05) is 178 Å². The largest absolute Gasteiger partial charge is 0.312 e. The Morgan fingerprint density at radius 1 is 0.484 bits per heavy atom. The van der Waals surface area contributed by atoms with Crippen molar-refractivity contribution >= 4 is 48.4 Å². The van der Waals surface area contributed by atoms with Gasteiger partial charge < -0.3 is 5.73 Å². The summed E-state index contributed by atoms with van der Waals surface area (Å²) in [6, 6.07) is 72.8. The predicted octanol–water partition coefficient (Wildman–Crippen LogP) is 15.5. The zero-order valence-corrected chi connectivity index (χ0v) is 35.7. The van der Waals surface area contributed by atoms with Crippen LogP contribution in [0, 0.1) is 0 Å². The third-order valence-electron chi connectivity index (χ3n) is 12.9. The number of nitrogens with one attached hydrogen (secondary N) is 1. The van der Waals surface area contributed by atoms with E-state index in [2.05, 4.69) is 213 Å². The number of fused-ring (bicyclic) bond motifs is 7. The monoisotopic (exact) mass is 814 g/mol. The number of hydrogen-bond acceptors (Lipinski definition) is 3. The Kier molecular flexibility index (Phi) is 9.54. The molecule has 0 saturated carbocycles. The molecule has 1 aliphatic rings. The highest BCUT2D eigenvalue weighted by molar-refractivity contribution is 7.25. The van der Waals surface area contributed by atoms with E-state index in [-0.39, 0.29) is 17.6 Å². The molecule has 11 rings (SSSR count). The van der Waals surface area contributed by atoms with Crippen LogP contribution in [-0.4, -0.2) is 0 Å². The molecule has 0 fully saturated rings. The number of nitrogens with two attached hydrogens (primary N) is 1. The summed E-state index contributed by atoms with van der Waals surface area (Å²) < 4.78 is 2.61. The van der Waals surface area contributed by atoms with Gasteiger partial charge in [0.2, 0.25) is 0 Å². The number of benzene rings is 9. The van der Waals surface area contributed by atoms with E-state index in [4.69, 9.17) is 5.73 Å². The Morgan fingerprint density at radius 3 is 1.94 bits per heavy atom. The second-order valence-electron chi connectivity index (χ2n) is 17.1. The lowest BCUT2D eigenvalue weighted by Crippen LogP contribution is -2.31. The molecule has 298 valence electrons. The molecule has 0 bridgehead atoms. The maximum atomic E-state index is 6.97. The minimum Gasteiger partial charge on any atom is -0.312 e. The normalized spacial score (nSPS) is 14.0. The lowest BCUT2D eigenvalue weighted by Gasteiger charge is -2.23. The van der Waals surface area contributed by atoms with Crippen molar-refractivity contribution in [2.24, 2.45) is 5.73 Å². The van der Waals surface area contributed by atoms with Gasteiger partial charge in [0.05, 0.1) is 12.2 Å². The number of hydrogen-bond donors (Lipinski definition) is 2. The second kappa shape index (κ2) is 15.5. The molecule has 2 atom stereocenters. The molecule has 2 unspecified atom stereocenters. The first-order valence-electron chi connectivity index (χ1n) is 21.5. The van der Waals surface area contributed by atoms with Crippen LogP contribution in [0.2, 0.25) is 0 Å². The molecule has 1 aromatic heterocycles. The maximum Gasteiger partial charge on any atom is 0.0817 e. The van der Waals surface area contributed by atoms with Crippen LogP contribution in [0.5, 0.6) is 0 Å². The Labute approximate surface area is 367 Å². The van der Waals surface area contributed by atoms with Crippen molar-refractivity contribution in [1.82, 2.24) is 5.32 Å². The van der Waals surface area contributed by atoms with Gasteiger partial charge in [-0.25, -0.2) is 0 Å². The van der Waals surface area contributed by atoms with Gasteiger partial charge in [-0.3, -0.25) is 5.32 Å². The van der Waals surface area contributed by atoms with E-state index in [1.165, 1.54) is 86.6 Å². The fourth-order valence-electron chi connectivity index (χ4n) is 9.61. The summed E-state index contributed by atoms with van der Waals surface area (Å²) in [7, 11) is 0. The lowest BCUT2D eigenvalue weighted by molar-refractivity contribution is 0.509. The van der Waals surface area contributed by atoms with Crippen LogP contribution in [0.3, 0.4) is 0 Å². The van der Waals surface area contributed by atoms with Gasteiger partial charge in [-0.05, 0) is 132 Å². The minimum atomic E-state index is -0.380. The molecular formula is C59H46N2S. The summed E-state index contributed by atoms with van der Waals surface area (Å²) in [5.41, 5.74) is 22.9. The zero-order valence-electron chi connectivity index (χ0n) is 34.8. The molecule has 10 aromatic rings. The highest BCUT2D eigenvalue weighted by Crippen LogP contribution is 2.53. The highest BCUT2D eigenvalue weighted by atomic mass is 32.1. The van der Waals surface area contributed by atoms with Gasteiger partial charge in [0.1, 0.15) is 0 Å². The summed E-state index contributed by atoms with van der Waals surface area (Å²) in [6.07, 6.45) is 4.12. The van der Waals surface area contributed by atoms with Crippen LogP contribution in [0.25, 0.3) is 81.5 Å². The van der Waals surface area contributed by atoms with Gasteiger partial charge in [-0.2, -0.15) is 0 Å². The van der Waals surface area contributed by atoms with E-state index in [0.717, 1.165) is 16.7 Å². The summed E-state index contributed by atoms with van der Waals surface area (Å²) in [5, 5.41) is 8.98. The van der Waals surface area contributed by atoms with Crippen molar-refractivity contribution in [2.45, 2.75) is 31.5 Å². The SMILES string of the molecule is CC1(C)c2cc3ccccc3cc2-c2c(-c3ccc(/C=C/C(NC(N)c4ccccc4)c4cc(-c5ccccc5)cc(-c5ccc6sc7ccccc7c6c5)c4)cc3)cccc21. The Balaban J connectivity index is 0.984. The van der Waals surface area contributed by atoms with Gasteiger partial charge in [-0.15, -0.1) is 11.3 Å². The lowest BCUT2D eigenvalue weighted by atomic mass is 9.81. The highest BCUT2D eigenvalue weighted by Gasteiger charge is 2.37. The van der Waals surface area contributed by atoms with E-state index in [0.29, 0.717) is 0 Å². The summed E-state index contributed by atoms with van der Waals surface area (Å²) >= 11 is 1.85. The van der Waals surface area contributed by atoms with E-state index in [1.54, 1.807) is 0 Å². The van der Waals surface area contributed by atoms with Crippen LogP contribution < -0.4 is 11.1 Å². The van der Waals surface area contributed by atoms with Crippen molar-refractivity contribution in [3.8, 4) is 44.5 Å². The fraction of sp³-hybridized carbons (Fsp3) is 0.0847. The van der Waals surface area contributed by atoms with Crippen molar-refractivity contribution in [3.63, 3.8) is 0 Å². The predicted molar refractivity (Wildman–Crippen MR) is 265 cm³/mol. The average molecular weight is 815 g/mol. The van der Waals surface area contributed by atoms with E-state index in [9.17, 15) is 0 Å². The third-order valence-corrected chi connectivity index (χ3v) is 14.1. The fourth-order valence-corrected chi connectivity index (χ4v) is 10.7. The molecule has 2 nitrogen and oxygen atoms in total. The first-order valence-corrected chi connectivity index (χ1v) is 22.3. The van der Waals surface area contributed by atoms with Crippen LogP contribution >= 0.6 is 11.3 Å². The molecule has 1 heterocycles. The maximum absolute atomic E-state index is 6.97. The van der Waals surface area contributed by atoms with E-state index in [1.807, 2.05) is 29.5 Å². The average Bonchev–Trinajstić information content (AvgIpc) is 3.81. The molecule has 9 aromatic carbocycles. The molecule has 1 aliphatic carbocycles. The van der Waals surface area contributed by atoms with Gasteiger partial charge in [0, 0.05) is 25.6 Å². The number of rotatable bonds is 9. The van der Waals surface area contributed by atoms with Crippen LogP contribution in [-0.2, 0) is 5.41 Å². The first-order chi connectivity index (χ1) is 30.4. The van der Waals surface area contributed by atoms with Crippen molar-refractivity contribution in [1.29, 1.82) is 0 Å². The smallest absolute Gasteiger partial charge is 0.0817 e. The Morgan fingerprint density at radius 2 is 1.15 bits per heavy atom. The quantitative estimate of drug-likeness (QED) is 0.142.